The van der Waals surface area contributed by atoms with Crippen LogP contribution in [0.15, 0.2) is 18.2 Å². The Morgan fingerprint density at radius 1 is 1.38 bits per heavy atom. The van der Waals surface area contributed by atoms with Gasteiger partial charge >= 0.3 is 0 Å². The molecule has 7 heteroatoms. The molecule has 3 N–H and O–H groups in total. The Morgan fingerprint density at radius 3 is 2.81 bits per heavy atom. The minimum Gasteiger partial charge on any atom is -0.376 e. The Labute approximate surface area is 127 Å². The van der Waals surface area contributed by atoms with Crippen molar-refractivity contribution in [3.05, 3.63) is 29.3 Å². The van der Waals surface area contributed by atoms with Crippen molar-refractivity contribution < 1.29 is 14.3 Å². The van der Waals surface area contributed by atoms with Gasteiger partial charge in [0.25, 0.3) is 11.8 Å². The topological polar surface area (TPSA) is 84.7 Å². The summed E-state index contributed by atoms with van der Waals surface area (Å²) in [6.07, 6.45) is 1.79. The van der Waals surface area contributed by atoms with Crippen LogP contribution in [0.5, 0.6) is 0 Å². The lowest BCUT2D eigenvalue weighted by Crippen LogP contribution is -2.36. The number of hydrogen-bond donors (Lipinski definition) is 2. The number of thiocarbonyl (C=S) groups is 1. The minimum absolute atomic E-state index is 0.0542. The number of rotatable bonds is 3. The number of fused-ring (bicyclic) bond motifs is 1. The van der Waals surface area contributed by atoms with E-state index >= 15 is 0 Å². The van der Waals surface area contributed by atoms with Crippen molar-refractivity contribution in [3.8, 4) is 0 Å². The molecule has 0 aromatic heterocycles. The van der Waals surface area contributed by atoms with E-state index in [9.17, 15) is 9.59 Å². The average Bonchev–Trinajstić information content (AvgIpc) is 3.02. The second-order valence-corrected chi connectivity index (χ2v) is 5.55. The summed E-state index contributed by atoms with van der Waals surface area (Å²) < 4.78 is 5.49. The Morgan fingerprint density at radius 2 is 2.14 bits per heavy atom. The smallest absolute Gasteiger partial charge is 0.261 e. The number of carbonyl (C=O) groups excluding carboxylic acids is 2. The molecule has 1 atom stereocenters. The van der Waals surface area contributed by atoms with E-state index in [-0.39, 0.29) is 23.0 Å². The Kier molecular flexibility index (Phi) is 3.60. The summed E-state index contributed by atoms with van der Waals surface area (Å²) in [5.74, 6) is -0.565. The van der Waals surface area contributed by atoms with E-state index in [1.807, 2.05) is 0 Å². The van der Waals surface area contributed by atoms with Crippen LogP contribution in [0.3, 0.4) is 0 Å². The van der Waals surface area contributed by atoms with Crippen molar-refractivity contribution in [3.63, 3.8) is 0 Å². The second-order valence-electron chi connectivity index (χ2n) is 5.11. The van der Waals surface area contributed by atoms with Crippen molar-refractivity contribution in [2.45, 2.75) is 18.9 Å². The molecule has 2 aliphatic rings. The first-order chi connectivity index (χ1) is 10.1. The van der Waals surface area contributed by atoms with Crippen LogP contribution < -0.4 is 11.1 Å². The number of carbonyl (C=O) groups is 2. The fraction of sp³-hybridized carbons (Fsp3) is 0.357. The maximum atomic E-state index is 12.4. The van der Waals surface area contributed by atoms with Crippen molar-refractivity contribution in [2.75, 3.05) is 18.5 Å². The predicted molar refractivity (Wildman–Crippen MR) is 81.2 cm³/mol. The molecular weight excluding hydrogens is 290 g/mol. The van der Waals surface area contributed by atoms with Gasteiger partial charge in [-0.2, -0.15) is 0 Å². The third-order valence-electron chi connectivity index (χ3n) is 3.65. The first-order valence-electron chi connectivity index (χ1n) is 6.74. The monoisotopic (exact) mass is 305 g/mol. The first-order valence-corrected chi connectivity index (χ1v) is 7.15. The predicted octanol–water partition coefficient (Wildman–Crippen LogP) is 1.12. The largest absolute Gasteiger partial charge is 0.376 e. The molecule has 2 aliphatic heterocycles. The number of nitrogens with two attached hydrogens (primary N) is 1. The molecule has 2 amide bonds. The lowest BCUT2D eigenvalue weighted by Gasteiger charge is -2.17. The maximum Gasteiger partial charge on any atom is 0.261 e. The Hall–Kier alpha value is -1.99. The summed E-state index contributed by atoms with van der Waals surface area (Å²) in [6, 6.07) is 4.90. The SMILES string of the molecule is NC(=S)Nc1ccc2c(c1)C(=O)N(CC1CCCO1)C2=O. The number of nitrogens with zero attached hydrogens (tertiary/aromatic N) is 1. The molecule has 1 aromatic carbocycles. The van der Waals surface area contributed by atoms with Gasteiger partial charge < -0.3 is 15.8 Å². The molecule has 0 saturated carbocycles. The van der Waals surface area contributed by atoms with Crippen LogP contribution in [0.4, 0.5) is 5.69 Å². The van der Waals surface area contributed by atoms with Gasteiger partial charge in [-0.25, -0.2) is 0 Å². The number of anilines is 1. The van der Waals surface area contributed by atoms with Crippen LogP contribution in [0, 0.1) is 0 Å². The lowest BCUT2D eigenvalue weighted by atomic mass is 10.1. The van der Waals surface area contributed by atoms with Crippen molar-refractivity contribution >= 4 is 34.8 Å². The van der Waals surface area contributed by atoms with Crippen LogP contribution >= 0.6 is 12.2 Å². The van der Waals surface area contributed by atoms with E-state index in [1.54, 1.807) is 18.2 Å². The number of benzene rings is 1. The standard InChI is InChI=1S/C14H15N3O3S/c15-14(21)16-8-3-4-10-11(6-8)13(19)17(12(10)18)7-9-2-1-5-20-9/h3-4,6,9H,1-2,5,7H2,(H3,15,16,21). The lowest BCUT2D eigenvalue weighted by molar-refractivity contribution is 0.0475. The number of hydrogen-bond acceptors (Lipinski definition) is 4. The highest BCUT2D eigenvalue weighted by Gasteiger charge is 2.37. The Balaban J connectivity index is 1.83. The summed E-state index contributed by atoms with van der Waals surface area (Å²) in [5, 5.41) is 2.87. The zero-order valence-corrected chi connectivity index (χ0v) is 12.1. The Bertz CT molecular complexity index is 626. The molecule has 0 bridgehead atoms. The van der Waals surface area contributed by atoms with Crippen LogP contribution in [-0.2, 0) is 4.74 Å². The molecular formula is C14H15N3O3S. The van der Waals surface area contributed by atoms with Crippen LogP contribution in [0.25, 0.3) is 0 Å². The van der Waals surface area contributed by atoms with Crippen molar-refractivity contribution in [1.82, 2.24) is 4.90 Å². The van der Waals surface area contributed by atoms with E-state index in [4.69, 9.17) is 22.7 Å². The number of nitrogens with one attached hydrogen (secondary N) is 1. The van der Waals surface area contributed by atoms with Gasteiger partial charge in [-0.1, -0.05) is 0 Å². The van der Waals surface area contributed by atoms with Gasteiger partial charge in [-0.3, -0.25) is 14.5 Å². The van der Waals surface area contributed by atoms with Gasteiger partial charge in [0.05, 0.1) is 23.8 Å². The molecule has 1 aromatic rings. The van der Waals surface area contributed by atoms with Gasteiger partial charge in [-0.05, 0) is 43.3 Å². The molecule has 6 nitrogen and oxygen atoms in total. The van der Waals surface area contributed by atoms with Crippen LogP contribution in [0.1, 0.15) is 33.6 Å². The average molecular weight is 305 g/mol. The third-order valence-corrected chi connectivity index (χ3v) is 3.75. The van der Waals surface area contributed by atoms with Crippen molar-refractivity contribution in [2.24, 2.45) is 5.73 Å². The highest BCUT2D eigenvalue weighted by Crippen LogP contribution is 2.27. The van der Waals surface area contributed by atoms with Crippen LogP contribution in [0.2, 0.25) is 0 Å². The normalized spacial score (nSPS) is 20.8. The fourth-order valence-corrected chi connectivity index (χ4v) is 2.79. The van der Waals surface area contributed by atoms with Gasteiger partial charge in [0.15, 0.2) is 5.11 Å². The zero-order valence-electron chi connectivity index (χ0n) is 11.3. The van der Waals surface area contributed by atoms with Crippen molar-refractivity contribution in [1.29, 1.82) is 0 Å². The highest BCUT2D eigenvalue weighted by molar-refractivity contribution is 7.80. The second kappa shape index (κ2) is 5.42. The highest BCUT2D eigenvalue weighted by atomic mass is 32.1. The number of imide groups is 1. The first kappa shape index (κ1) is 14.0. The van der Waals surface area contributed by atoms with Gasteiger partial charge in [-0.15, -0.1) is 0 Å². The molecule has 2 heterocycles. The molecule has 0 spiro atoms. The van der Waals surface area contributed by atoms with Gasteiger partial charge in [0.2, 0.25) is 0 Å². The maximum absolute atomic E-state index is 12.4. The summed E-state index contributed by atoms with van der Waals surface area (Å²) in [5.41, 5.74) is 6.79. The van der Waals surface area contributed by atoms with E-state index in [1.165, 1.54) is 4.90 Å². The van der Waals surface area contributed by atoms with E-state index in [0.29, 0.717) is 30.0 Å². The molecule has 1 unspecified atom stereocenters. The van der Waals surface area contributed by atoms with Crippen LogP contribution in [-0.4, -0.2) is 41.1 Å². The quantitative estimate of drug-likeness (QED) is 0.643. The molecule has 21 heavy (non-hydrogen) atoms. The fourth-order valence-electron chi connectivity index (χ4n) is 2.67. The van der Waals surface area contributed by atoms with E-state index in [0.717, 1.165) is 12.8 Å². The van der Waals surface area contributed by atoms with E-state index < -0.39 is 0 Å². The minimum atomic E-state index is -0.294. The number of ether oxygens (including phenoxy) is 1. The summed E-state index contributed by atoms with van der Waals surface area (Å²) in [4.78, 5) is 26.0. The summed E-state index contributed by atoms with van der Waals surface area (Å²) >= 11 is 4.76. The molecule has 0 aliphatic carbocycles. The summed E-state index contributed by atoms with van der Waals surface area (Å²) in [6.45, 7) is 1.00. The summed E-state index contributed by atoms with van der Waals surface area (Å²) in [7, 11) is 0. The number of amides is 2. The molecule has 1 fully saturated rings. The van der Waals surface area contributed by atoms with Gasteiger partial charge in [0, 0.05) is 12.3 Å². The zero-order chi connectivity index (χ0) is 15.0. The molecule has 1 saturated heterocycles. The van der Waals surface area contributed by atoms with Gasteiger partial charge in [0.1, 0.15) is 0 Å². The molecule has 0 radical (unpaired) electrons. The molecule has 110 valence electrons. The molecule has 3 rings (SSSR count). The van der Waals surface area contributed by atoms with E-state index in [2.05, 4.69) is 5.32 Å². The third kappa shape index (κ3) is 2.62.